The Bertz CT molecular complexity index is 938. The van der Waals surface area contributed by atoms with Gasteiger partial charge in [-0.25, -0.2) is 9.59 Å². The maximum atomic E-state index is 12.7. The lowest BCUT2D eigenvalue weighted by molar-refractivity contribution is -0.134. The van der Waals surface area contributed by atoms with Crippen molar-refractivity contribution in [3.05, 3.63) is 63.7 Å². The van der Waals surface area contributed by atoms with Gasteiger partial charge in [-0.3, -0.25) is 0 Å². The van der Waals surface area contributed by atoms with Crippen molar-refractivity contribution in [3.63, 3.8) is 0 Å². The summed E-state index contributed by atoms with van der Waals surface area (Å²) in [5.41, 5.74) is 1.37. The largest absolute Gasteiger partial charge is 0.478 e. The number of aromatic carboxylic acids is 1. The molecule has 8 heteroatoms. The van der Waals surface area contributed by atoms with Gasteiger partial charge >= 0.3 is 11.9 Å². The average molecular weight is 409 g/mol. The van der Waals surface area contributed by atoms with Gasteiger partial charge in [0.25, 0.3) is 0 Å². The number of alkyl halides is 1. The molecule has 27 heavy (non-hydrogen) atoms. The molecule has 6 nitrogen and oxygen atoms in total. The Kier molecular flexibility index (Phi) is 5.70. The number of carbonyl (C=O) groups is 2. The highest BCUT2D eigenvalue weighted by molar-refractivity contribution is 6.30. The third kappa shape index (κ3) is 4.08. The van der Waals surface area contributed by atoms with Crippen LogP contribution in [0.2, 0.25) is 5.02 Å². The summed E-state index contributed by atoms with van der Waals surface area (Å²) in [5, 5.41) is 9.49. The minimum atomic E-state index is -1.25. The van der Waals surface area contributed by atoms with Crippen LogP contribution in [0.25, 0.3) is 6.08 Å². The van der Waals surface area contributed by atoms with E-state index in [4.69, 9.17) is 37.4 Å². The Hall–Kier alpha value is -2.54. The molecular weight excluding hydrogens is 395 g/mol. The van der Waals surface area contributed by atoms with Gasteiger partial charge in [-0.1, -0.05) is 17.7 Å². The van der Waals surface area contributed by atoms with E-state index in [1.54, 1.807) is 24.3 Å². The minimum absolute atomic E-state index is 0.0769. The van der Waals surface area contributed by atoms with E-state index in [1.165, 1.54) is 25.3 Å². The number of esters is 1. The summed E-state index contributed by atoms with van der Waals surface area (Å²) >= 11 is 11.7. The molecule has 1 unspecified atom stereocenters. The summed E-state index contributed by atoms with van der Waals surface area (Å²) < 4.78 is 16.2. The molecule has 2 aromatic carbocycles. The Morgan fingerprint density at radius 3 is 2.67 bits per heavy atom. The van der Waals surface area contributed by atoms with E-state index in [1.807, 2.05) is 0 Å². The predicted octanol–water partition coefficient (Wildman–Crippen LogP) is 4.13. The molecule has 1 N–H and O–H groups in total. The number of carbonyl (C=O) groups excluding carboxylic acids is 1. The molecule has 2 aromatic rings. The monoisotopic (exact) mass is 408 g/mol. The van der Waals surface area contributed by atoms with Gasteiger partial charge in [-0.2, -0.15) is 0 Å². The Morgan fingerprint density at radius 1 is 1.22 bits per heavy atom. The topological polar surface area (TPSA) is 82.1 Å². The van der Waals surface area contributed by atoms with Gasteiger partial charge in [0.2, 0.25) is 6.29 Å². The van der Waals surface area contributed by atoms with Crippen molar-refractivity contribution in [2.75, 3.05) is 7.11 Å². The molecule has 0 radical (unpaired) electrons. The number of carboxylic acids is 1. The number of halogens is 2. The Morgan fingerprint density at radius 2 is 2.00 bits per heavy atom. The molecule has 0 amide bonds. The van der Waals surface area contributed by atoms with Crippen molar-refractivity contribution < 1.29 is 28.9 Å². The summed E-state index contributed by atoms with van der Waals surface area (Å²) in [4.78, 5) is 24.0. The van der Waals surface area contributed by atoms with E-state index >= 15 is 0 Å². The van der Waals surface area contributed by atoms with Crippen molar-refractivity contribution in [3.8, 4) is 11.5 Å². The summed E-state index contributed by atoms with van der Waals surface area (Å²) in [7, 11) is 1.38. The van der Waals surface area contributed by atoms with E-state index < -0.39 is 18.2 Å². The molecular formula is C19H14Cl2O6. The third-order valence-electron chi connectivity index (χ3n) is 3.85. The van der Waals surface area contributed by atoms with Gasteiger partial charge in [0.1, 0.15) is 22.6 Å². The highest BCUT2D eigenvalue weighted by Gasteiger charge is 2.30. The molecule has 3 rings (SSSR count). The molecule has 0 fully saturated rings. The first kappa shape index (κ1) is 19.2. The lowest BCUT2D eigenvalue weighted by Gasteiger charge is -2.25. The second-order valence-electron chi connectivity index (χ2n) is 5.63. The number of ether oxygens (including phenoxy) is 3. The van der Waals surface area contributed by atoms with Crippen LogP contribution < -0.4 is 9.47 Å². The van der Waals surface area contributed by atoms with Crippen LogP contribution in [0.1, 0.15) is 21.5 Å². The zero-order chi connectivity index (χ0) is 19.6. The molecule has 0 saturated carbocycles. The van der Waals surface area contributed by atoms with Crippen LogP contribution in [0.4, 0.5) is 0 Å². The van der Waals surface area contributed by atoms with Gasteiger partial charge in [-0.05, 0) is 35.9 Å². The second kappa shape index (κ2) is 8.00. The molecule has 0 saturated heterocycles. The number of fused-ring (bicyclic) bond motifs is 1. The summed E-state index contributed by atoms with van der Waals surface area (Å²) in [5.74, 6) is -1.39. The van der Waals surface area contributed by atoms with Crippen molar-refractivity contribution >= 4 is 41.2 Å². The van der Waals surface area contributed by atoms with Crippen LogP contribution in [0.3, 0.4) is 0 Å². The fraction of sp³-hybridized carbons (Fsp3) is 0.158. The first-order chi connectivity index (χ1) is 12.9. The van der Waals surface area contributed by atoms with E-state index in [-0.39, 0.29) is 21.9 Å². The van der Waals surface area contributed by atoms with Gasteiger partial charge < -0.3 is 19.3 Å². The van der Waals surface area contributed by atoms with Crippen LogP contribution >= 0.6 is 23.2 Å². The molecule has 0 spiro atoms. The predicted molar refractivity (Wildman–Crippen MR) is 99.4 cm³/mol. The summed E-state index contributed by atoms with van der Waals surface area (Å²) in [6, 6.07) is 9.23. The van der Waals surface area contributed by atoms with E-state index in [9.17, 15) is 14.7 Å². The summed E-state index contributed by atoms with van der Waals surface area (Å²) in [6.07, 6.45) is 0.565. The molecule has 1 aliphatic heterocycles. The van der Waals surface area contributed by atoms with Gasteiger partial charge in [0.05, 0.1) is 0 Å². The molecule has 0 bridgehead atoms. The number of hydrogen-bond donors (Lipinski definition) is 1. The first-order valence-corrected chi connectivity index (χ1v) is 8.69. The van der Waals surface area contributed by atoms with Gasteiger partial charge in [-0.15, -0.1) is 11.6 Å². The lowest BCUT2D eigenvalue weighted by atomic mass is 10.0. The highest BCUT2D eigenvalue weighted by Crippen LogP contribution is 2.32. The van der Waals surface area contributed by atoms with Crippen molar-refractivity contribution in [2.45, 2.75) is 12.2 Å². The maximum absolute atomic E-state index is 12.7. The second-order valence-corrected chi connectivity index (χ2v) is 6.33. The standard InChI is InChI=1S/C19H14Cl2O6/c1-25-19-14(7-11-6-10(9-20)2-5-15(11)27-19)18(24)26-16-8-12(21)3-4-13(16)17(22)23/h2-8,19H,9H2,1H3,(H,22,23). The van der Waals surface area contributed by atoms with E-state index in [0.29, 0.717) is 17.2 Å². The summed E-state index contributed by atoms with van der Waals surface area (Å²) in [6.45, 7) is 0. The molecule has 0 aliphatic carbocycles. The molecule has 0 aromatic heterocycles. The van der Waals surface area contributed by atoms with Crippen molar-refractivity contribution in [1.82, 2.24) is 0 Å². The zero-order valence-electron chi connectivity index (χ0n) is 14.1. The molecule has 1 heterocycles. The number of rotatable bonds is 5. The van der Waals surface area contributed by atoms with Crippen molar-refractivity contribution in [1.29, 1.82) is 0 Å². The lowest BCUT2D eigenvalue weighted by Crippen LogP contribution is -2.31. The van der Waals surface area contributed by atoms with Crippen LogP contribution in [0.15, 0.2) is 42.0 Å². The maximum Gasteiger partial charge on any atom is 0.345 e. The number of carboxylic acid groups (broad SMARTS) is 1. The number of hydrogen-bond acceptors (Lipinski definition) is 5. The van der Waals surface area contributed by atoms with Gasteiger partial charge in [0.15, 0.2) is 0 Å². The first-order valence-electron chi connectivity index (χ1n) is 7.78. The number of benzene rings is 2. The Labute approximate surface area is 164 Å². The third-order valence-corrected chi connectivity index (χ3v) is 4.40. The van der Waals surface area contributed by atoms with Crippen LogP contribution in [-0.4, -0.2) is 30.4 Å². The average Bonchev–Trinajstić information content (AvgIpc) is 2.66. The van der Waals surface area contributed by atoms with Gasteiger partial charge in [0, 0.05) is 29.6 Å². The molecule has 140 valence electrons. The van der Waals surface area contributed by atoms with Crippen LogP contribution in [-0.2, 0) is 15.4 Å². The van der Waals surface area contributed by atoms with E-state index in [2.05, 4.69) is 0 Å². The zero-order valence-corrected chi connectivity index (χ0v) is 15.6. The van der Waals surface area contributed by atoms with Crippen LogP contribution in [0.5, 0.6) is 11.5 Å². The van der Waals surface area contributed by atoms with E-state index in [0.717, 1.165) is 5.56 Å². The van der Waals surface area contributed by atoms with Crippen molar-refractivity contribution in [2.24, 2.45) is 0 Å². The minimum Gasteiger partial charge on any atom is -0.478 e. The molecule has 1 atom stereocenters. The smallest absolute Gasteiger partial charge is 0.345 e. The molecule has 1 aliphatic rings. The Balaban J connectivity index is 1.96. The SMILES string of the molecule is COC1Oc2ccc(CCl)cc2C=C1C(=O)Oc1cc(Cl)ccc1C(=O)O. The number of methoxy groups -OCH3 is 1. The quantitative estimate of drug-likeness (QED) is 0.454. The van der Waals surface area contributed by atoms with Crippen LogP contribution in [0, 0.1) is 0 Å². The normalized spacial score (nSPS) is 15.4. The fourth-order valence-electron chi connectivity index (χ4n) is 2.56. The fourth-order valence-corrected chi connectivity index (χ4v) is 2.89. The highest BCUT2D eigenvalue weighted by atomic mass is 35.5.